The van der Waals surface area contributed by atoms with Gasteiger partial charge in [0.05, 0.1) is 18.2 Å². The van der Waals surface area contributed by atoms with Crippen LogP contribution in [0.5, 0.6) is 0 Å². The minimum atomic E-state index is -0.187. The Morgan fingerprint density at radius 1 is 1.33 bits per heavy atom. The third-order valence-electron chi connectivity index (χ3n) is 4.83. The number of carbonyl (C=O) groups is 2. The van der Waals surface area contributed by atoms with Crippen LogP contribution in [0.1, 0.15) is 27.5 Å². The number of fused-ring (bicyclic) bond motifs is 1. The van der Waals surface area contributed by atoms with Gasteiger partial charge in [-0.15, -0.1) is 0 Å². The van der Waals surface area contributed by atoms with Gasteiger partial charge < -0.3 is 15.1 Å². The Balaban J connectivity index is 1.41. The lowest BCUT2D eigenvalue weighted by Crippen LogP contribution is -2.35. The van der Waals surface area contributed by atoms with Gasteiger partial charge in [0.25, 0.3) is 5.91 Å². The van der Waals surface area contributed by atoms with E-state index in [1.807, 2.05) is 0 Å². The van der Waals surface area contributed by atoms with Crippen molar-refractivity contribution in [3.05, 3.63) is 40.7 Å². The van der Waals surface area contributed by atoms with Crippen LogP contribution in [0.15, 0.2) is 24.4 Å². The lowest BCUT2D eigenvalue weighted by molar-refractivity contribution is -0.119. The highest BCUT2D eigenvalue weighted by Gasteiger charge is 2.30. The molecule has 9 heteroatoms. The molecule has 0 spiro atoms. The minimum Gasteiger partial charge on any atom is -0.332 e. The van der Waals surface area contributed by atoms with Crippen molar-refractivity contribution in [1.82, 2.24) is 19.8 Å². The average molecular weight is 382 g/mol. The molecule has 1 N–H and O–H groups in total. The Morgan fingerprint density at radius 3 is 2.96 bits per heavy atom. The number of anilines is 1. The van der Waals surface area contributed by atoms with Crippen molar-refractivity contribution in [2.45, 2.75) is 19.4 Å². The lowest BCUT2D eigenvalue weighted by atomic mass is 10.1. The number of nitrogens with zero attached hydrogens (tertiary/aromatic N) is 5. The van der Waals surface area contributed by atoms with Crippen LogP contribution in [0.4, 0.5) is 5.13 Å². The van der Waals surface area contributed by atoms with Crippen LogP contribution in [0.25, 0.3) is 0 Å². The smallest absolute Gasteiger partial charge is 0.272 e. The maximum Gasteiger partial charge on any atom is 0.272 e. The Hall–Kier alpha value is -2.99. The van der Waals surface area contributed by atoms with Gasteiger partial charge in [-0.05, 0) is 18.6 Å². The number of carbonyl (C=O) groups excluding carboxylic acids is 2. The van der Waals surface area contributed by atoms with Crippen molar-refractivity contribution in [1.29, 1.82) is 5.26 Å². The third kappa shape index (κ3) is 3.61. The molecule has 2 aromatic rings. The molecule has 8 nitrogen and oxygen atoms in total. The molecule has 138 valence electrons. The van der Waals surface area contributed by atoms with Gasteiger partial charge in [-0.2, -0.15) is 5.26 Å². The highest BCUT2D eigenvalue weighted by Crippen LogP contribution is 2.29. The van der Waals surface area contributed by atoms with Gasteiger partial charge >= 0.3 is 0 Å². The molecule has 0 aromatic carbocycles. The number of amides is 2. The Morgan fingerprint density at radius 2 is 2.22 bits per heavy atom. The Kier molecular flexibility index (Phi) is 4.73. The molecule has 0 unspecified atom stereocenters. The van der Waals surface area contributed by atoms with Crippen LogP contribution in [-0.2, 0) is 17.8 Å². The van der Waals surface area contributed by atoms with Crippen molar-refractivity contribution in [2.24, 2.45) is 5.92 Å². The summed E-state index contributed by atoms with van der Waals surface area (Å²) in [6.07, 6.45) is 5.03. The zero-order valence-corrected chi connectivity index (χ0v) is 15.4. The first-order valence-electron chi connectivity index (χ1n) is 8.78. The monoisotopic (exact) mass is 382 g/mol. The number of thiazole rings is 1. The average Bonchev–Trinajstić information content (AvgIpc) is 3.33. The van der Waals surface area contributed by atoms with Crippen molar-refractivity contribution in [2.75, 3.05) is 25.0 Å². The first-order valence-corrected chi connectivity index (χ1v) is 9.60. The fourth-order valence-electron chi connectivity index (χ4n) is 3.35. The molecule has 0 radical (unpaired) electrons. The number of aromatic nitrogens is 2. The Bertz CT molecular complexity index is 906. The second kappa shape index (κ2) is 7.32. The van der Waals surface area contributed by atoms with E-state index in [1.165, 1.54) is 11.3 Å². The SMILES string of the molecule is N#CN1CC[C@H](C(=O)Nc2nc3c(s2)CN(C(=O)c2ccccn2)CC3)C1. The summed E-state index contributed by atoms with van der Waals surface area (Å²) >= 11 is 1.41. The summed E-state index contributed by atoms with van der Waals surface area (Å²) in [7, 11) is 0. The van der Waals surface area contributed by atoms with Crippen molar-refractivity contribution in [3.63, 3.8) is 0 Å². The molecule has 4 heterocycles. The molecule has 27 heavy (non-hydrogen) atoms. The molecule has 0 aliphatic carbocycles. The molecular weight excluding hydrogens is 364 g/mol. The van der Waals surface area contributed by atoms with Gasteiger partial charge in [0.1, 0.15) is 5.69 Å². The van der Waals surface area contributed by atoms with Gasteiger partial charge in [0.2, 0.25) is 5.91 Å². The van der Waals surface area contributed by atoms with Crippen LogP contribution in [0, 0.1) is 17.4 Å². The molecule has 1 fully saturated rings. The molecule has 4 rings (SSSR count). The summed E-state index contributed by atoms with van der Waals surface area (Å²) in [5.74, 6) is -0.379. The first kappa shape index (κ1) is 17.4. The third-order valence-corrected chi connectivity index (χ3v) is 5.83. The number of nitrogens with one attached hydrogen (secondary N) is 1. The molecule has 2 amide bonds. The van der Waals surface area contributed by atoms with Gasteiger partial charge in [0, 0.05) is 37.1 Å². The zero-order valence-electron chi connectivity index (χ0n) is 14.6. The highest BCUT2D eigenvalue weighted by molar-refractivity contribution is 7.15. The number of rotatable bonds is 3. The summed E-state index contributed by atoms with van der Waals surface area (Å²) in [6, 6.07) is 5.29. The molecule has 0 saturated carbocycles. The number of nitriles is 1. The predicted molar refractivity (Wildman–Crippen MR) is 98.7 cm³/mol. The van der Waals surface area contributed by atoms with E-state index in [4.69, 9.17) is 5.26 Å². The minimum absolute atomic E-state index is 0.0946. The molecule has 2 aliphatic rings. The van der Waals surface area contributed by atoms with E-state index in [9.17, 15) is 9.59 Å². The van der Waals surface area contributed by atoms with Gasteiger partial charge in [-0.3, -0.25) is 14.6 Å². The molecular formula is C18H18N6O2S. The second-order valence-corrected chi connectivity index (χ2v) is 7.69. The van der Waals surface area contributed by atoms with Crippen molar-refractivity contribution < 1.29 is 9.59 Å². The summed E-state index contributed by atoms with van der Waals surface area (Å²) in [6.45, 7) is 2.14. The molecule has 2 aliphatic heterocycles. The van der Waals surface area contributed by atoms with Crippen molar-refractivity contribution in [3.8, 4) is 6.19 Å². The zero-order chi connectivity index (χ0) is 18.8. The predicted octanol–water partition coefficient (Wildman–Crippen LogP) is 1.48. The molecule has 2 aromatic heterocycles. The fraction of sp³-hybridized carbons (Fsp3) is 0.389. The van der Waals surface area contributed by atoms with Crippen molar-refractivity contribution >= 4 is 28.3 Å². The van der Waals surface area contributed by atoms with Gasteiger partial charge in [-0.25, -0.2) is 4.98 Å². The van der Waals surface area contributed by atoms with E-state index in [0.29, 0.717) is 49.8 Å². The normalized spacial score (nSPS) is 18.7. The number of hydrogen-bond donors (Lipinski definition) is 1. The van der Waals surface area contributed by atoms with Crippen LogP contribution in [0.3, 0.4) is 0 Å². The Labute approximate surface area is 160 Å². The summed E-state index contributed by atoms with van der Waals surface area (Å²) < 4.78 is 0. The van der Waals surface area contributed by atoms with E-state index < -0.39 is 0 Å². The van der Waals surface area contributed by atoms with Crippen LogP contribution in [0.2, 0.25) is 0 Å². The van der Waals surface area contributed by atoms with Crippen LogP contribution >= 0.6 is 11.3 Å². The van der Waals surface area contributed by atoms with E-state index in [2.05, 4.69) is 21.5 Å². The quantitative estimate of drug-likeness (QED) is 0.807. The largest absolute Gasteiger partial charge is 0.332 e. The first-order chi connectivity index (χ1) is 13.1. The van der Waals surface area contributed by atoms with Gasteiger partial charge in [-0.1, -0.05) is 17.4 Å². The van der Waals surface area contributed by atoms with Gasteiger partial charge in [0.15, 0.2) is 11.3 Å². The molecule has 0 bridgehead atoms. The maximum absolute atomic E-state index is 12.6. The lowest BCUT2D eigenvalue weighted by Gasteiger charge is -2.25. The summed E-state index contributed by atoms with van der Waals surface area (Å²) in [4.78, 5) is 38.0. The fourth-order valence-corrected chi connectivity index (χ4v) is 4.37. The van der Waals surface area contributed by atoms with E-state index in [0.717, 1.165) is 10.6 Å². The number of hydrogen-bond acceptors (Lipinski definition) is 7. The topological polar surface area (TPSA) is 102 Å². The van der Waals surface area contributed by atoms with E-state index in [-0.39, 0.29) is 17.7 Å². The van der Waals surface area contributed by atoms with Crippen LogP contribution in [-0.4, -0.2) is 51.2 Å². The summed E-state index contributed by atoms with van der Waals surface area (Å²) in [5.41, 5.74) is 1.37. The highest BCUT2D eigenvalue weighted by atomic mass is 32.1. The number of likely N-dealkylation sites (tertiary alicyclic amines) is 1. The van der Waals surface area contributed by atoms with E-state index in [1.54, 1.807) is 34.2 Å². The molecule has 1 atom stereocenters. The van der Waals surface area contributed by atoms with Crippen LogP contribution < -0.4 is 5.32 Å². The summed E-state index contributed by atoms with van der Waals surface area (Å²) in [5, 5.41) is 12.4. The number of pyridine rings is 1. The standard InChI is InChI=1S/C18H18N6O2S/c19-11-23-7-4-12(9-23)16(25)22-18-21-13-5-8-24(10-15(13)27-18)17(26)14-3-1-2-6-20-14/h1-3,6,12H,4-5,7-10H2,(H,21,22,25)/t12-/m0/s1. The second-order valence-electron chi connectivity index (χ2n) is 6.60. The maximum atomic E-state index is 12.6. The van der Waals surface area contributed by atoms with E-state index >= 15 is 0 Å². The molecule has 1 saturated heterocycles.